The Morgan fingerprint density at radius 1 is 1.39 bits per heavy atom. The number of aliphatic hydroxyl groups is 1. The van der Waals surface area contributed by atoms with Gasteiger partial charge in [-0.25, -0.2) is 4.98 Å². The molecule has 0 spiro atoms. The highest BCUT2D eigenvalue weighted by molar-refractivity contribution is 6.48. The van der Waals surface area contributed by atoms with E-state index in [1.807, 2.05) is 0 Å². The highest BCUT2D eigenvalue weighted by atomic mass is 35.5. The van der Waals surface area contributed by atoms with Gasteiger partial charge in [0.05, 0.1) is 21.2 Å². The van der Waals surface area contributed by atoms with E-state index in [1.165, 1.54) is 11.1 Å². The third-order valence-corrected chi connectivity index (χ3v) is 4.04. The highest BCUT2D eigenvalue weighted by Crippen LogP contribution is 2.31. The molecule has 0 radical (unpaired) electrons. The van der Waals surface area contributed by atoms with E-state index in [9.17, 15) is 9.90 Å². The quantitative estimate of drug-likeness (QED) is 0.867. The fourth-order valence-corrected chi connectivity index (χ4v) is 2.44. The van der Waals surface area contributed by atoms with Crippen molar-refractivity contribution in [3.8, 4) is 0 Å². The Kier molecular flexibility index (Phi) is 4.33. The monoisotopic (exact) mass is 308 g/mol. The number of hydrogen-bond acceptors (Lipinski definition) is 3. The van der Waals surface area contributed by atoms with Gasteiger partial charge in [-0.15, -0.1) is 0 Å². The Balaban J connectivity index is 2.26. The third-order valence-electron chi connectivity index (χ3n) is 2.80. The molecule has 1 saturated heterocycles. The average Bonchev–Trinajstić information content (AvgIpc) is 2.35. The molecule has 0 aliphatic carbocycles. The summed E-state index contributed by atoms with van der Waals surface area (Å²) >= 11 is 17.6. The summed E-state index contributed by atoms with van der Waals surface area (Å²) < 4.78 is 0. The van der Waals surface area contributed by atoms with Crippen LogP contribution in [-0.2, 0) is 0 Å². The van der Waals surface area contributed by atoms with Crippen LogP contribution in [-0.4, -0.2) is 40.1 Å². The maximum Gasteiger partial charge on any atom is 0.274 e. The predicted molar refractivity (Wildman–Crippen MR) is 70.4 cm³/mol. The van der Waals surface area contributed by atoms with E-state index in [2.05, 4.69) is 4.98 Å². The number of aliphatic hydroxyl groups excluding tert-OH is 1. The summed E-state index contributed by atoms with van der Waals surface area (Å²) in [4.78, 5) is 17.6. The minimum Gasteiger partial charge on any atom is -0.391 e. The number of piperidine rings is 1. The maximum absolute atomic E-state index is 12.2. The minimum atomic E-state index is -0.496. The fourth-order valence-electron chi connectivity index (χ4n) is 1.88. The van der Waals surface area contributed by atoms with E-state index < -0.39 is 6.10 Å². The van der Waals surface area contributed by atoms with Crippen LogP contribution in [0.15, 0.2) is 6.20 Å². The van der Waals surface area contributed by atoms with Crippen LogP contribution < -0.4 is 0 Å². The summed E-state index contributed by atoms with van der Waals surface area (Å²) in [7, 11) is 0. The van der Waals surface area contributed by atoms with Crippen molar-refractivity contribution in [1.82, 2.24) is 9.88 Å². The van der Waals surface area contributed by atoms with Crippen molar-refractivity contribution >= 4 is 40.7 Å². The first kappa shape index (κ1) is 13.9. The van der Waals surface area contributed by atoms with Crippen molar-refractivity contribution in [3.63, 3.8) is 0 Å². The van der Waals surface area contributed by atoms with E-state index in [-0.39, 0.29) is 33.2 Å². The molecule has 0 bridgehead atoms. The smallest absolute Gasteiger partial charge is 0.274 e. The van der Waals surface area contributed by atoms with E-state index >= 15 is 0 Å². The fraction of sp³-hybridized carbons (Fsp3) is 0.455. The van der Waals surface area contributed by atoms with Gasteiger partial charge in [0.1, 0.15) is 5.69 Å². The van der Waals surface area contributed by atoms with Crippen LogP contribution in [0.3, 0.4) is 0 Å². The highest BCUT2D eigenvalue weighted by Gasteiger charge is 2.26. The van der Waals surface area contributed by atoms with E-state index in [4.69, 9.17) is 34.8 Å². The number of aromatic nitrogens is 1. The van der Waals surface area contributed by atoms with Gasteiger partial charge in [0, 0.05) is 19.3 Å². The number of amides is 1. The lowest BCUT2D eigenvalue weighted by Crippen LogP contribution is -2.42. The van der Waals surface area contributed by atoms with Crippen molar-refractivity contribution in [3.05, 3.63) is 27.0 Å². The summed E-state index contributed by atoms with van der Waals surface area (Å²) in [6, 6.07) is 0. The molecule has 0 unspecified atom stereocenters. The lowest BCUT2D eigenvalue weighted by Gasteiger charge is -2.30. The topological polar surface area (TPSA) is 53.4 Å². The number of carbonyl (C=O) groups excluding carboxylic acids is 1. The molecule has 0 aromatic carbocycles. The Morgan fingerprint density at radius 2 is 2.11 bits per heavy atom. The van der Waals surface area contributed by atoms with Crippen LogP contribution in [0.5, 0.6) is 0 Å². The first-order valence-corrected chi connectivity index (χ1v) is 6.61. The summed E-state index contributed by atoms with van der Waals surface area (Å²) in [6.07, 6.45) is 2.26. The van der Waals surface area contributed by atoms with Gasteiger partial charge in [-0.3, -0.25) is 4.79 Å². The van der Waals surface area contributed by atoms with Gasteiger partial charge in [-0.1, -0.05) is 34.8 Å². The number of pyridine rings is 1. The summed E-state index contributed by atoms with van der Waals surface area (Å²) in [5.41, 5.74) is 0.0696. The van der Waals surface area contributed by atoms with Crippen LogP contribution in [0, 0.1) is 0 Å². The van der Waals surface area contributed by atoms with Crippen LogP contribution in [0.25, 0.3) is 0 Å². The van der Waals surface area contributed by atoms with Gasteiger partial charge in [0.25, 0.3) is 5.91 Å². The summed E-state index contributed by atoms with van der Waals surface area (Å²) in [6.45, 7) is 0.866. The average molecular weight is 310 g/mol. The standard InChI is InChI=1S/C11H11Cl3N2O2/c12-7-4-15-10(9(14)8(7)13)11(18)16-3-1-2-6(17)5-16/h4,6,17H,1-3,5H2/t6-/m0/s1. The van der Waals surface area contributed by atoms with Crippen LogP contribution in [0.1, 0.15) is 23.3 Å². The number of carbonyl (C=O) groups is 1. The molecule has 2 heterocycles. The van der Waals surface area contributed by atoms with Crippen molar-refractivity contribution < 1.29 is 9.90 Å². The van der Waals surface area contributed by atoms with Gasteiger partial charge in [-0.2, -0.15) is 0 Å². The molecular formula is C11H11Cl3N2O2. The van der Waals surface area contributed by atoms with E-state index in [0.29, 0.717) is 13.0 Å². The summed E-state index contributed by atoms with van der Waals surface area (Å²) in [5.74, 6) is -0.336. The SMILES string of the molecule is O=C(c1ncc(Cl)c(Cl)c1Cl)N1CCC[C@H](O)C1. The number of hydrogen-bond donors (Lipinski definition) is 1. The molecule has 1 fully saturated rings. The zero-order chi connectivity index (χ0) is 13.3. The lowest BCUT2D eigenvalue weighted by molar-refractivity contribution is 0.0469. The van der Waals surface area contributed by atoms with Crippen LogP contribution >= 0.6 is 34.8 Å². The van der Waals surface area contributed by atoms with Crippen molar-refractivity contribution in [2.45, 2.75) is 18.9 Å². The van der Waals surface area contributed by atoms with E-state index in [0.717, 1.165) is 6.42 Å². The molecular weight excluding hydrogens is 298 g/mol. The normalized spacial score (nSPS) is 20.0. The number of nitrogens with zero attached hydrogens (tertiary/aromatic N) is 2. The molecule has 0 saturated carbocycles. The Morgan fingerprint density at radius 3 is 2.78 bits per heavy atom. The zero-order valence-electron chi connectivity index (χ0n) is 9.37. The first-order chi connectivity index (χ1) is 8.50. The molecule has 1 aliphatic heterocycles. The Labute approximate surface area is 119 Å². The number of β-amino-alcohol motifs (C(OH)–C–C–N with tert-alkyl or cyclic N) is 1. The predicted octanol–water partition coefficient (Wildman–Crippen LogP) is 2.64. The number of halogens is 3. The van der Waals surface area contributed by atoms with Gasteiger partial charge >= 0.3 is 0 Å². The second-order valence-electron chi connectivity index (χ2n) is 4.13. The number of likely N-dealkylation sites (tertiary alicyclic amines) is 1. The minimum absolute atomic E-state index is 0.0502. The van der Waals surface area contributed by atoms with E-state index in [1.54, 1.807) is 0 Å². The third kappa shape index (κ3) is 2.72. The molecule has 18 heavy (non-hydrogen) atoms. The molecule has 1 amide bonds. The molecule has 98 valence electrons. The van der Waals surface area contributed by atoms with Crippen LogP contribution in [0.4, 0.5) is 0 Å². The lowest BCUT2D eigenvalue weighted by atomic mass is 10.1. The van der Waals surface area contributed by atoms with Gasteiger partial charge < -0.3 is 10.0 Å². The van der Waals surface area contributed by atoms with Crippen molar-refractivity contribution in [1.29, 1.82) is 0 Å². The van der Waals surface area contributed by atoms with Crippen LogP contribution in [0.2, 0.25) is 15.1 Å². The second-order valence-corrected chi connectivity index (χ2v) is 5.29. The van der Waals surface area contributed by atoms with Gasteiger partial charge in [-0.05, 0) is 12.8 Å². The molecule has 7 heteroatoms. The largest absolute Gasteiger partial charge is 0.391 e. The molecule has 1 atom stereocenters. The molecule has 1 aromatic rings. The first-order valence-electron chi connectivity index (χ1n) is 5.47. The van der Waals surface area contributed by atoms with Gasteiger partial charge in [0.2, 0.25) is 0 Å². The summed E-state index contributed by atoms with van der Waals surface area (Å²) in [5, 5.41) is 9.92. The van der Waals surface area contributed by atoms with Crippen molar-refractivity contribution in [2.24, 2.45) is 0 Å². The Bertz CT molecular complexity index is 482. The molecule has 1 aliphatic rings. The zero-order valence-corrected chi connectivity index (χ0v) is 11.6. The van der Waals surface area contributed by atoms with Gasteiger partial charge in [0.15, 0.2) is 0 Å². The molecule has 1 aromatic heterocycles. The van der Waals surface area contributed by atoms with Crippen molar-refractivity contribution in [2.75, 3.05) is 13.1 Å². The number of rotatable bonds is 1. The maximum atomic E-state index is 12.2. The molecule has 1 N–H and O–H groups in total. The molecule has 2 rings (SSSR count). The molecule has 4 nitrogen and oxygen atoms in total. The second kappa shape index (κ2) is 5.61. The Hall–Kier alpha value is -0.550.